The van der Waals surface area contributed by atoms with Crippen molar-refractivity contribution in [3.05, 3.63) is 70.0 Å². The minimum absolute atomic E-state index is 0.0460. The summed E-state index contributed by atoms with van der Waals surface area (Å²) < 4.78 is 40.1. The van der Waals surface area contributed by atoms with Crippen molar-refractivity contribution in [1.82, 2.24) is 0 Å². The normalized spacial score (nSPS) is 12.5. The second kappa shape index (κ2) is 5.63. The summed E-state index contributed by atoms with van der Waals surface area (Å²) in [4.78, 5) is 0. The summed E-state index contributed by atoms with van der Waals surface area (Å²) in [5.74, 6) is -2.30. The lowest BCUT2D eigenvalue weighted by molar-refractivity contribution is 0.168. The maximum Gasteiger partial charge on any atom is 0.142 e. The lowest BCUT2D eigenvalue weighted by atomic mass is 10.0. The number of benzene rings is 2. The molecule has 0 amide bonds. The molecule has 0 saturated heterocycles. The molecule has 0 aliphatic rings. The van der Waals surface area contributed by atoms with Gasteiger partial charge >= 0.3 is 0 Å². The topological polar surface area (TPSA) is 20.2 Å². The Balaban J connectivity index is 2.25. The molecule has 1 atom stereocenters. The van der Waals surface area contributed by atoms with Gasteiger partial charge in [0.1, 0.15) is 17.5 Å². The SMILES string of the molecule is OC(Cc1ccc(Cl)c(F)c1)c1c(F)cccc1F. The first-order valence-corrected chi connectivity index (χ1v) is 5.92. The van der Waals surface area contributed by atoms with Crippen LogP contribution in [0.4, 0.5) is 13.2 Å². The molecule has 19 heavy (non-hydrogen) atoms. The van der Waals surface area contributed by atoms with Crippen molar-refractivity contribution in [3.63, 3.8) is 0 Å². The molecule has 100 valence electrons. The Kier molecular flexibility index (Phi) is 4.12. The molecular formula is C14H10ClF3O. The van der Waals surface area contributed by atoms with Gasteiger partial charge in [-0.1, -0.05) is 23.7 Å². The van der Waals surface area contributed by atoms with Crippen LogP contribution in [0, 0.1) is 17.5 Å². The van der Waals surface area contributed by atoms with Crippen molar-refractivity contribution in [1.29, 1.82) is 0 Å². The Morgan fingerprint density at radius 3 is 2.21 bits per heavy atom. The van der Waals surface area contributed by atoms with E-state index < -0.39 is 29.1 Å². The highest BCUT2D eigenvalue weighted by molar-refractivity contribution is 6.30. The van der Waals surface area contributed by atoms with Crippen LogP contribution in [-0.4, -0.2) is 5.11 Å². The van der Waals surface area contributed by atoms with Gasteiger partial charge in [-0.05, 0) is 29.8 Å². The molecule has 1 unspecified atom stereocenters. The van der Waals surface area contributed by atoms with Crippen LogP contribution in [0.2, 0.25) is 5.02 Å². The third-order valence-electron chi connectivity index (χ3n) is 2.75. The van der Waals surface area contributed by atoms with Crippen LogP contribution in [0.3, 0.4) is 0 Å². The molecule has 0 spiro atoms. The van der Waals surface area contributed by atoms with E-state index in [1.54, 1.807) is 0 Å². The van der Waals surface area contributed by atoms with Crippen LogP contribution in [0.15, 0.2) is 36.4 Å². The quantitative estimate of drug-likeness (QED) is 0.903. The maximum absolute atomic E-state index is 13.5. The molecule has 5 heteroatoms. The summed E-state index contributed by atoms with van der Waals surface area (Å²) in [6, 6.07) is 7.28. The molecule has 0 aliphatic carbocycles. The Labute approximate surface area is 113 Å². The number of halogens is 4. The minimum atomic E-state index is -1.39. The first kappa shape index (κ1) is 13.9. The van der Waals surface area contributed by atoms with Gasteiger partial charge in [-0.3, -0.25) is 0 Å². The van der Waals surface area contributed by atoms with E-state index in [9.17, 15) is 18.3 Å². The Morgan fingerprint density at radius 2 is 1.63 bits per heavy atom. The summed E-state index contributed by atoms with van der Waals surface area (Å²) >= 11 is 5.53. The van der Waals surface area contributed by atoms with E-state index in [0.29, 0.717) is 5.56 Å². The average molecular weight is 287 g/mol. The van der Waals surface area contributed by atoms with Gasteiger partial charge in [0.15, 0.2) is 0 Å². The van der Waals surface area contributed by atoms with Gasteiger partial charge in [0, 0.05) is 6.42 Å². The van der Waals surface area contributed by atoms with Gasteiger partial charge < -0.3 is 5.11 Å². The van der Waals surface area contributed by atoms with E-state index in [4.69, 9.17) is 11.6 Å². The summed E-state index contributed by atoms with van der Waals surface area (Å²) in [6.07, 6.45) is -1.49. The zero-order valence-electron chi connectivity index (χ0n) is 9.71. The molecule has 0 saturated carbocycles. The Morgan fingerprint density at radius 1 is 1.00 bits per heavy atom. The summed E-state index contributed by atoms with van der Waals surface area (Å²) in [7, 11) is 0. The van der Waals surface area contributed by atoms with E-state index in [-0.39, 0.29) is 11.4 Å². The van der Waals surface area contributed by atoms with E-state index in [2.05, 4.69) is 0 Å². The van der Waals surface area contributed by atoms with Crippen molar-refractivity contribution in [2.24, 2.45) is 0 Å². The van der Waals surface area contributed by atoms with Crippen molar-refractivity contribution < 1.29 is 18.3 Å². The number of aliphatic hydroxyl groups excluding tert-OH is 1. The predicted molar refractivity (Wildman–Crippen MR) is 66.4 cm³/mol. The molecular weight excluding hydrogens is 277 g/mol. The standard InChI is InChI=1S/C14H10ClF3O/c15-9-5-4-8(6-12(9)18)7-13(19)14-10(16)2-1-3-11(14)17/h1-6,13,19H,7H2. The maximum atomic E-state index is 13.5. The van der Waals surface area contributed by atoms with Crippen LogP contribution in [-0.2, 0) is 6.42 Å². The Bertz CT molecular complexity index is 581. The van der Waals surface area contributed by atoms with Crippen molar-refractivity contribution in [2.45, 2.75) is 12.5 Å². The van der Waals surface area contributed by atoms with Gasteiger partial charge in [-0.15, -0.1) is 0 Å². The van der Waals surface area contributed by atoms with E-state index >= 15 is 0 Å². The van der Waals surface area contributed by atoms with Gasteiger partial charge in [-0.2, -0.15) is 0 Å². The molecule has 1 N–H and O–H groups in total. The summed E-state index contributed by atoms with van der Waals surface area (Å²) in [5, 5.41) is 9.81. The third kappa shape index (κ3) is 3.08. The largest absolute Gasteiger partial charge is 0.388 e. The van der Waals surface area contributed by atoms with E-state index in [1.165, 1.54) is 18.2 Å². The van der Waals surface area contributed by atoms with Gasteiger partial charge in [-0.25, -0.2) is 13.2 Å². The zero-order chi connectivity index (χ0) is 14.0. The van der Waals surface area contributed by atoms with Crippen molar-refractivity contribution in [3.8, 4) is 0 Å². The first-order valence-electron chi connectivity index (χ1n) is 5.55. The highest BCUT2D eigenvalue weighted by Crippen LogP contribution is 2.25. The monoisotopic (exact) mass is 286 g/mol. The second-order valence-electron chi connectivity index (χ2n) is 4.10. The molecule has 2 rings (SSSR count). The smallest absolute Gasteiger partial charge is 0.142 e. The highest BCUT2D eigenvalue weighted by atomic mass is 35.5. The van der Waals surface area contributed by atoms with Gasteiger partial charge in [0.05, 0.1) is 16.7 Å². The van der Waals surface area contributed by atoms with Crippen molar-refractivity contribution >= 4 is 11.6 Å². The molecule has 0 bridgehead atoms. The van der Waals surface area contributed by atoms with Gasteiger partial charge in [0.25, 0.3) is 0 Å². The molecule has 0 heterocycles. The second-order valence-corrected chi connectivity index (χ2v) is 4.51. The average Bonchev–Trinajstić information content (AvgIpc) is 2.33. The third-order valence-corrected chi connectivity index (χ3v) is 3.05. The van der Waals surface area contributed by atoms with Crippen LogP contribution >= 0.6 is 11.6 Å². The fourth-order valence-electron chi connectivity index (χ4n) is 1.82. The molecule has 1 nitrogen and oxygen atoms in total. The van der Waals surface area contributed by atoms with E-state index in [0.717, 1.165) is 18.2 Å². The molecule has 0 aliphatic heterocycles. The molecule has 0 fully saturated rings. The summed E-state index contributed by atoms with van der Waals surface area (Å²) in [6.45, 7) is 0. The molecule has 0 radical (unpaired) electrons. The van der Waals surface area contributed by atoms with Gasteiger partial charge in [0.2, 0.25) is 0 Å². The summed E-state index contributed by atoms with van der Waals surface area (Å²) in [5.41, 5.74) is -0.0186. The predicted octanol–water partition coefficient (Wildman–Crippen LogP) is 4.03. The lowest BCUT2D eigenvalue weighted by Crippen LogP contribution is -2.07. The molecule has 0 aromatic heterocycles. The highest BCUT2D eigenvalue weighted by Gasteiger charge is 2.18. The van der Waals surface area contributed by atoms with Crippen LogP contribution in [0.5, 0.6) is 0 Å². The fourth-order valence-corrected chi connectivity index (χ4v) is 1.94. The zero-order valence-corrected chi connectivity index (χ0v) is 10.5. The number of hydrogen-bond acceptors (Lipinski definition) is 1. The van der Waals surface area contributed by atoms with E-state index in [1.807, 2.05) is 0 Å². The van der Waals surface area contributed by atoms with Crippen LogP contribution < -0.4 is 0 Å². The van der Waals surface area contributed by atoms with Crippen molar-refractivity contribution in [2.75, 3.05) is 0 Å². The Hall–Kier alpha value is -1.52. The minimum Gasteiger partial charge on any atom is -0.388 e. The first-order chi connectivity index (χ1) is 8.99. The number of hydrogen-bond donors (Lipinski definition) is 1. The lowest BCUT2D eigenvalue weighted by Gasteiger charge is -2.13. The fraction of sp³-hybridized carbons (Fsp3) is 0.143. The molecule has 2 aromatic carbocycles. The number of rotatable bonds is 3. The number of aliphatic hydroxyl groups is 1. The molecule has 2 aromatic rings. The van der Waals surface area contributed by atoms with Crippen LogP contribution in [0.1, 0.15) is 17.2 Å². The van der Waals surface area contributed by atoms with Crippen LogP contribution in [0.25, 0.3) is 0 Å².